The number of aromatic nitrogens is 4. The summed E-state index contributed by atoms with van der Waals surface area (Å²) < 4.78 is 3.66. The Morgan fingerprint density at radius 3 is 1.48 bits per heavy atom. The molecule has 10 heteroatoms. The second-order valence-corrected chi connectivity index (χ2v) is 15.0. The summed E-state index contributed by atoms with van der Waals surface area (Å²) in [6.07, 6.45) is 11.3. The fourth-order valence-corrected chi connectivity index (χ4v) is 7.74. The smallest absolute Gasteiger partial charge is 0.251 e. The van der Waals surface area contributed by atoms with Gasteiger partial charge >= 0.3 is 0 Å². The molecule has 0 spiro atoms. The molecule has 4 aromatic heterocycles. The third kappa shape index (κ3) is 11.2. The Kier molecular flexibility index (Phi) is 14.3. The van der Waals surface area contributed by atoms with Crippen molar-refractivity contribution in [3.8, 4) is 23.7 Å². The number of nitrogens with two attached hydrogens (primary N) is 1. The molecule has 6 heterocycles. The van der Waals surface area contributed by atoms with Crippen molar-refractivity contribution in [3.63, 3.8) is 0 Å². The molecule has 2 N–H and O–H groups in total. The van der Waals surface area contributed by atoms with Gasteiger partial charge in [0.2, 0.25) is 0 Å². The summed E-state index contributed by atoms with van der Waals surface area (Å²) in [6, 6.07) is 32.0. The number of piperidine rings is 2. The van der Waals surface area contributed by atoms with Gasteiger partial charge < -0.3 is 24.7 Å². The predicted molar refractivity (Wildman–Crippen MR) is 233 cm³/mol. The third-order valence-corrected chi connectivity index (χ3v) is 11.2. The maximum atomic E-state index is 12.5. The average molecular weight is 773 g/mol. The van der Waals surface area contributed by atoms with E-state index in [-0.39, 0.29) is 11.1 Å². The fourth-order valence-electron chi connectivity index (χ4n) is 7.74. The summed E-state index contributed by atoms with van der Waals surface area (Å²) >= 11 is 0. The quantitative estimate of drug-likeness (QED) is 0.203. The Morgan fingerprint density at radius 1 is 0.569 bits per heavy atom. The first-order chi connectivity index (χ1) is 28.5. The van der Waals surface area contributed by atoms with Crippen LogP contribution in [-0.2, 0) is 13.1 Å². The molecule has 0 saturated carbocycles. The minimum atomic E-state index is 0.0283. The van der Waals surface area contributed by atoms with E-state index in [1.165, 1.54) is 0 Å². The second kappa shape index (κ2) is 20.5. The van der Waals surface area contributed by atoms with Crippen molar-refractivity contribution in [1.82, 2.24) is 33.8 Å². The summed E-state index contributed by atoms with van der Waals surface area (Å²) in [5, 5.41) is 2.10. The van der Waals surface area contributed by atoms with E-state index >= 15 is 0 Å². The minimum Gasteiger partial charge on any atom is -0.328 e. The lowest BCUT2D eigenvalue weighted by atomic mass is 10.0. The summed E-state index contributed by atoms with van der Waals surface area (Å²) in [7, 11) is 0. The topological polar surface area (TPSA) is 106 Å². The van der Waals surface area contributed by atoms with E-state index in [0.717, 1.165) is 97.9 Å². The molecule has 0 aliphatic carbocycles. The average Bonchev–Trinajstić information content (AvgIpc) is 3.27. The number of pyridine rings is 4. The summed E-state index contributed by atoms with van der Waals surface area (Å²) in [5.74, 6) is 13.4. The second-order valence-electron chi connectivity index (χ2n) is 15.0. The molecule has 0 radical (unpaired) electrons. The molecule has 0 amide bonds. The summed E-state index contributed by atoms with van der Waals surface area (Å²) in [4.78, 5) is 40.2. The van der Waals surface area contributed by atoms with Crippen molar-refractivity contribution in [2.24, 2.45) is 5.73 Å². The molecule has 8 rings (SSSR count). The maximum Gasteiger partial charge on any atom is 0.251 e. The van der Waals surface area contributed by atoms with E-state index in [4.69, 9.17) is 5.73 Å². The highest BCUT2D eigenvalue weighted by atomic mass is 16.1. The van der Waals surface area contributed by atoms with Crippen molar-refractivity contribution >= 4 is 21.8 Å². The lowest BCUT2D eigenvalue weighted by molar-refractivity contribution is 0.126. The highest BCUT2D eigenvalue weighted by molar-refractivity contribution is 5.78. The zero-order valence-corrected chi connectivity index (χ0v) is 33.1. The van der Waals surface area contributed by atoms with Gasteiger partial charge in [-0.25, -0.2) is 0 Å². The van der Waals surface area contributed by atoms with Crippen LogP contribution in [0.5, 0.6) is 0 Å². The zero-order valence-electron chi connectivity index (χ0n) is 33.1. The lowest BCUT2D eigenvalue weighted by Crippen LogP contribution is -2.46. The Balaban J connectivity index is 0.000000214. The number of hydrogen-bond donors (Lipinski definition) is 1. The minimum absolute atomic E-state index is 0.0283. The SMILES string of the molecule is NC1CCN(CCn2c(=O)ccc3ccncc32)CC1.O=c1ccc2ccncc2n1CCN1CCC(N(CC#Cc2ccccc2)CC#Cc2ccccc2)CC1. The van der Waals surface area contributed by atoms with Crippen LogP contribution in [0.4, 0.5) is 0 Å². The van der Waals surface area contributed by atoms with Crippen LogP contribution in [0.3, 0.4) is 0 Å². The van der Waals surface area contributed by atoms with E-state index in [1.807, 2.05) is 94.1 Å². The molecule has 0 unspecified atom stereocenters. The third-order valence-electron chi connectivity index (χ3n) is 11.2. The van der Waals surface area contributed by atoms with Crippen LogP contribution in [0.1, 0.15) is 36.8 Å². The number of benzene rings is 2. The number of nitrogens with zero attached hydrogens (tertiary/aromatic N) is 7. The van der Waals surface area contributed by atoms with Gasteiger partial charge in [0.25, 0.3) is 11.1 Å². The van der Waals surface area contributed by atoms with Gasteiger partial charge in [-0.05, 0) is 100 Å². The van der Waals surface area contributed by atoms with Gasteiger partial charge in [0.1, 0.15) is 0 Å². The van der Waals surface area contributed by atoms with E-state index in [1.54, 1.807) is 36.9 Å². The van der Waals surface area contributed by atoms with Crippen LogP contribution in [0.25, 0.3) is 21.8 Å². The monoisotopic (exact) mass is 772 g/mol. The van der Waals surface area contributed by atoms with Gasteiger partial charge in [0.05, 0.1) is 36.5 Å². The van der Waals surface area contributed by atoms with Crippen LogP contribution in [0, 0.1) is 23.7 Å². The Morgan fingerprint density at radius 2 is 1.02 bits per heavy atom. The van der Waals surface area contributed by atoms with Crippen molar-refractivity contribution in [1.29, 1.82) is 0 Å². The number of fused-ring (bicyclic) bond motifs is 2. The molecule has 0 bridgehead atoms. The molecule has 0 atom stereocenters. The van der Waals surface area contributed by atoms with Crippen molar-refractivity contribution in [3.05, 3.63) is 154 Å². The van der Waals surface area contributed by atoms with Crippen LogP contribution in [0.15, 0.2) is 131 Å². The van der Waals surface area contributed by atoms with Gasteiger partial charge in [0.15, 0.2) is 0 Å². The number of rotatable bonds is 9. The molecular formula is C48H52N8O2. The predicted octanol–water partition coefficient (Wildman–Crippen LogP) is 5.09. The molecule has 2 fully saturated rings. The van der Waals surface area contributed by atoms with E-state index in [0.29, 0.717) is 38.3 Å². The number of hydrogen-bond acceptors (Lipinski definition) is 8. The molecule has 2 aliphatic rings. The summed E-state index contributed by atoms with van der Waals surface area (Å²) in [5.41, 5.74) is 9.87. The van der Waals surface area contributed by atoms with Gasteiger partial charge in [-0.1, -0.05) is 60.1 Å². The van der Waals surface area contributed by atoms with Gasteiger partial charge in [-0.15, -0.1) is 0 Å². The van der Waals surface area contributed by atoms with E-state index < -0.39 is 0 Å². The number of likely N-dealkylation sites (tertiary alicyclic amines) is 2. The molecule has 2 aliphatic heterocycles. The molecule has 58 heavy (non-hydrogen) atoms. The molecule has 2 aromatic carbocycles. The summed E-state index contributed by atoms with van der Waals surface area (Å²) in [6.45, 7) is 8.55. The van der Waals surface area contributed by atoms with Gasteiger partial charge in [-0.2, -0.15) is 0 Å². The first kappa shape index (κ1) is 40.3. The molecule has 296 valence electrons. The van der Waals surface area contributed by atoms with Crippen molar-refractivity contribution < 1.29 is 0 Å². The molecule has 2 saturated heterocycles. The van der Waals surface area contributed by atoms with Crippen molar-refractivity contribution in [2.45, 2.75) is 50.9 Å². The van der Waals surface area contributed by atoms with Crippen LogP contribution >= 0.6 is 0 Å². The maximum absolute atomic E-state index is 12.5. The van der Waals surface area contributed by atoms with Crippen LogP contribution in [0.2, 0.25) is 0 Å². The Hall–Kier alpha value is -5.88. The van der Waals surface area contributed by atoms with E-state index in [9.17, 15) is 9.59 Å². The molecule has 10 nitrogen and oxygen atoms in total. The van der Waals surface area contributed by atoms with Crippen LogP contribution in [-0.4, -0.2) is 98.2 Å². The van der Waals surface area contributed by atoms with E-state index in [2.05, 4.69) is 48.3 Å². The van der Waals surface area contributed by atoms with Gasteiger partial charge in [-0.3, -0.25) is 24.5 Å². The zero-order chi connectivity index (χ0) is 39.9. The van der Waals surface area contributed by atoms with Crippen LogP contribution < -0.4 is 16.9 Å². The normalized spacial score (nSPS) is 15.3. The highest BCUT2D eigenvalue weighted by Gasteiger charge is 2.24. The first-order valence-corrected chi connectivity index (χ1v) is 20.4. The standard InChI is InChI=1S/C33H32N4O.C15H20N4O/c38-33-16-15-30-17-20-34-27-32(30)37(33)26-25-35-23-18-31(19-24-35)36(21-7-13-28-9-3-1-4-10-28)22-8-14-29-11-5-2-6-12-29;16-13-4-7-18(8-5-13)9-10-19-14-11-17-6-3-12(14)1-2-15(19)20/h1-6,9-12,15-17,20,27,31H,18-19,21-26H2;1-3,6,11,13H,4-5,7-10,16H2. The highest BCUT2D eigenvalue weighted by Crippen LogP contribution is 2.17. The Bertz CT molecular complexity index is 2420. The Labute approximate surface area is 340 Å². The van der Waals surface area contributed by atoms with Crippen molar-refractivity contribution in [2.75, 3.05) is 52.4 Å². The lowest BCUT2D eigenvalue weighted by Gasteiger charge is -2.37. The largest absolute Gasteiger partial charge is 0.328 e. The van der Waals surface area contributed by atoms with Gasteiger partial charge in [0, 0.05) is 84.7 Å². The molecular weight excluding hydrogens is 721 g/mol. The first-order valence-electron chi connectivity index (χ1n) is 20.4. The fraction of sp³-hybridized carbons (Fsp3) is 0.333. The molecule has 6 aromatic rings.